The van der Waals surface area contributed by atoms with Crippen molar-refractivity contribution >= 4 is 27.7 Å². The minimum atomic E-state index is -0.469. The van der Waals surface area contributed by atoms with Crippen molar-refractivity contribution in [3.05, 3.63) is 16.5 Å². The van der Waals surface area contributed by atoms with Gasteiger partial charge in [0.25, 0.3) is 0 Å². The number of hydrogen-bond acceptors (Lipinski definition) is 5. The van der Waals surface area contributed by atoms with Crippen LogP contribution in [0.3, 0.4) is 0 Å². The van der Waals surface area contributed by atoms with Crippen molar-refractivity contribution in [1.82, 2.24) is 9.97 Å². The third-order valence-corrected chi connectivity index (χ3v) is 2.26. The van der Waals surface area contributed by atoms with Crippen LogP contribution in [0.2, 0.25) is 0 Å². The van der Waals surface area contributed by atoms with Crippen molar-refractivity contribution < 1.29 is 9.53 Å². The topological polar surface area (TPSA) is 90.1 Å². The van der Waals surface area contributed by atoms with Crippen LogP contribution < -0.4 is 11.1 Å². The first-order valence-electron chi connectivity index (χ1n) is 5.25. The maximum Gasteiger partial charge on any atom is 0.243 e. The molecule has 0 saturated heterocycles. The van der Waals surface area contributed by atoms with Gasteiger partial charge in [0.05, 0.1) is 6.61 Å². The molecular weight excluding hydrogens is 288 g/mol. The van der Waals surface area contributed by atoms with Gasteiger partial charge in [-0.2, -0.15) is 0 Å². The summed E-state index contributed by atoms with van der Waals surface area (Å²) in [5.74, 6) is 1.02. The van der Waals surface area contributed by atoms with Gasteiger partial charge in [0, 0.05) is 19.0 Å². The number of carbonyl (C=O) groups is 1. The van der Waals surface area contributed by atoms with Crippen molar-refractivity contribution in [2.75, 3.05) is 25.1 Å². The molecule has 0 radical (unpaired) electrons. The fourth-order valence-corrected chi connectivity index (χ4v) is 1.56. The molecule has 1 aromatic rings. The highest BCUT2D eigenvalue weighted by atomic mass is 79.9. The van der Waals surface area contributed by atoms with E-state index in [1.807, 2.05) is 6.92 Å². The van der Waals surface area contributed by atoms with Gasteiger partial charge in [0.15, 0.2) is 0 Å². The van der Waals surface area contributed by atoms with E-state index in [1.54, 1.807) is 6.07 Å². The lowest BCUT2D eigenvalue weighted by atomic mass is 10.4. The normalized spacial score (nSPS) is 10.2. The van der Waals surface area contributed by atoms with Crippen LogP contribution in [0.4, 0.5) is 5.82 Å². The molecule has 0 unspecified atom stereocenters. The summed E-state index contributed by atoms with van der Waals surface area (Å²) in [6, 6.07) is 1.78. The van der Waals surface area contributed by atoms with E-state index in [1.165, 1.54) is 0 Å². The maximum atomic E-state index is 10.4. The fourth-order valence-electron chi connectivity index (χ4n) is 1.14. The van der Waals surface area contributed by atoms with Gasteiger partial charge in [-0.15, -0.1) is 0 Å². The van der Waals surface area contributed by atoms with Crippen LogP contribution in [0.5, 0.6) is 0 Å². The summed E-state index contributed by atoms with van der Waals surface area (Å²) in [6.07, 6.45) is 0.770. The lowest BCUT2D eigenvalue weighted by molar-refractivity contribution is -0.122. The number of hydrogen-bond donors (Lipinski definition) is 2. The molecule has 6 nitrogen and oxygen atoms in total. The zero-order valence-electron chi connectivity index (χ0n) is 9.57. The van der Waals surface area contributed by atoms with Gasteiger partial charge in [-0.1, -0.05) is 6.92 Å². The molecule has 0 aliphatic carbocycles. The number of nitrogens with zero attached hydrogens (tertiary/aromatic N) is 2. The molecule has 1 amide bonds. The van der Waals surface area contributed by atoms with Crippen molar-refractivity contribution in [2.24, 2.45) is 5.73 Å². The fraction of sp³-hybridized carbons (Fsp3) is 0.500. The average molecular weight is 303 g/mol. The Kier molecular flexibility index (Phi) is 5.85. The molecule has 94 valence electrons. The van der Waals surface area contributed by atoms with Crippen LogP contribution in [0.25, 0.3) is 0 Å². The van der Waals surface area contributed by atoms with Crippen molar-refractivity contribution in [3.8, 4) is 0 Å². The Morgan fingerprint density at radius 1 is 1.59 bits per heavy atom. The summed E-state index contributed by atoms with van der Waals surface area (Å²) in [7, 11) is 0. The van der Waals surface area contributed by atoms with Gasteiger partial charge in [0.2, 0.25) is 5.91 Å². The molecule has 0 fully saturated rings. The van der Waals surface area contributed by atoms with Crippen LogP contribution >= 0.6 is 15.9 Å². The van der Waals surface area contributed by atoms with Gasteiger partial charge in [-0.25, -0.2) is 9.97 Å². The van der Waals surface area contributed by atoms with E-state index in [4.69, 9.17) is 10.5 Å². The number of carbonyl (C=O) groups excluding carboxylic acids is 1. The number of ether oxygens (including phenoxy) is 1. The van der Waals surface area contributed by atoms with Crippen molar-refractivity contribution in [1.29, 1.82) is 0 Å². The van der Waals surface area contributed by atoms with E-state index in [-0.39, 0.29) is 6.61 Å². The minimum Gasteiger partial charge on any atom is -0.370 e. The Hall–Kier alpha value is -1.21. The number of halogens is 1. The lowest BCUT2D eigenvalue weighted by Crippen LogP contribution is -2.20. The Balaban J connectivity index is 2.36. The van der Waals surface area contributed by atoms with Gasteiger partial charge in [0.1, 0.15) is 22.9 Å². The molecule has 0 spiro atoms. The average Bonchev–Trinajstić information content (AvgIpc) is 2.27. The number of primary amides is 1. The first kappa shape index (κ1) is 13.9. The predicted molar refractivity (Wildman–Crippen MR) is 67.6 cm³/mol. The van der Waals surface area contributed by atoms with Crippen LogP contribution in [0.15, 0.2) is 10.7 Å². The second-order valence-corrected chi connectivity index (χ2v) is 4.10. The molecule has 0 aromatic carbocycles. The monoisotopic (exact) mass is 302 g/mol. The molecule has 17 heavy (non-hydrogen) atoms. The molecule has 1 heterocycles. The molecule has 1 rings (SSSR count). The second kappa shape index (κ2) is 7.18. The van der Waals surface area contributed by atoms with Crippen LogP contribution in [0, 0.1) is 0 Å². The Labute approximate surface area is 108 Å². The van der Waals surface area contributed by atoms with E-state index in [0.29, 0.717) is 13.2 Å². The summed E-state index contributed by atoms with van der Waals surface area (Å²) in [5.41, 5.74) is 4.93. The Morgan fingerprint density at radius 3 is 3.00 bits per heavy atom. The van der Waals surface area contributed by atoms with E-state index >= 15 is 0 Å². The predicted octanol–water partition coefficient (Wildman–Crippen LogP) is 0.715. The highest BCUT2D eigenvalue weighted by Gasteiger charge is 2.01. The smallest absolute Gasteiger partial charge is 0.243 e. The largest absolute Gasteiger partial charge is 0.370 e. The molecule has 0 atom stereocenters. The molecule has 0 aliphatic rings. The lowest BCUT2D eigenvalue weighted by Gasteiger charge is -2.07. The molecule has 0 bridgehead atoms. The number of nitrogens with one attached hydrogen (secondary N) is 1. The molecule has 1 aromatic heterocycles. The molecule has 7 heteroatoms. The summed E-state index contributed by atoms with van der Waals surface area (Å²) in [6.45, 7) is 2.88. The first-order valence-corrected chi connectivity index (χ1v) is 6.04. The van der Waals surface area contributed by atoms with Crippen molar-refractivity contribution in [2.45, 2.75) is 13.3 Å². The Morgan fingerprint density at radius 2 is 2.35 bits per heavy atom. The third kappa shape index (κ3) is 5.60. The minimum absolute atomic E-state index is 0.0602. The summed E-state index contributed by atoms with van der Waals surface area (Å²) < 4.78 is 5.75. The van der Waals surface area contributed by atoms with Crippen LogP contribution in [-0.4, -0.2) is 35.6 Å². The van der Waals surface area contributed by atoms with Gasteiger partial charge in [-0.3, -0.25) is 4.79 Å². The Bertz CT molecular complexity index is 387. The molecule has 3 N–H and O–H groups in total. The van der Waals surface area contributed by atoms with Gasteiger partial charge < -0.3 is 15.8 Å². The molecular formula is C10H15BrN4O2. The van der Waals surface area contributed by atoms with E-state index in [0.717, 1.165) is 22.7 Å². The van der Waals surface area contributed by atoms with Crippen molar-refractivity contribution in [3.63, 3.8) is 0 Å². The van der Waals surface area contributed by atoms with Crippen LogP contribution in [-0.2, 0) is 16.0 Å². The van der Waals surface area contributed by atoms with E-state index in [9.17, 15) is 4.79 Å². The number of aryl methyl sites for hydroxylation is 1. The molecule has 0 aliphatic heterocycles. The van der Waals surface area contributed by atoms with E-state index in [2.05, 4.69) is 31.2 Å². The van der Waals surface area contributed by atoms with E-state index < -0.39 is 5.91 Å². The highest BCUT2D eigenvalue weighted by Crippen LogP contribution is 2.12. The van der Waals surface area contributed by atoms with Gasteiger partial charge in [-0.05, 0) is 15.9 Å². The zero-order chi connectivity index (χ0) is 12.7. The summed E-state index contributed by atoms with van der Waals surface area (Å²) in [4.78, 5) is 18.9. The third-order valence-electron chi connectivity index (χ3n) is 1.85. The second-order valence-electron chi connectivity index (χ2n) is 3.29. The number of nitrogens with two attached hydrogens (primary N) is 1. The van der Waals surface area contributed by atoms with Crippen LogP contribution in [0.1, 0.15) is 12.7 Å². The maximum absolute atomic E-state index is 10.4. The number of amides is 1. The highest BCUT2D eigenvalue weighted by molar-refractivity contribution is 9.10. The SMILES string of the molecule is CCc1nc(Br)cc(NCCOCC(N)=O)n1. The quantitative estimate of drug-likeness (QED) is 0.572. The number of aromatic nitrogens is 2. The number of anilines is 1. The first-order chi connectivity index (χ1) is 8.11. The number of rotatable bonds is 7. The standard InChI is InChI=1S/C10H15BrN4O2/c1-2-9-14-7(11)5-10(15-9)13-3-4-17-6-8(12)16/h5H,2-4,6H2,1H3,(H2,12,16)(H,13,14,15). The molecule has 0 saturated carbocycles. The van der Waals surface area contributed by atoms with Gasteiger partial charge >= 0.3 is 0 Å². The summed E-state index contributed by atoms with van der Waals surface area (Å²) in [5, 5.41) is 3.08. The summed E-state index contributed by atoms with van der Waals surface area (Å²) >= 11 is 3.31. The zero-order valence-corrected chi connectivity index (χ0v) is 11.2.